The predicted molar refractivity (Wildman–Crippen MR) is 103 cm³/mol. The molecule has 1 aromatic carbocycles. The molecule has 148 valence electrons. The lowest BCUT2D eigenvalue weighted by Crippen LogP contribution is -2.37. The molecular formula is C18H14FN5O4S. The van der Waals surface area contributed by atoms with Crippen molar-refractivity contribution in [2.45, 2.75) is 6.92 Å². The monoisotopic (exact) mass is 415 g/mol. The van der Waals surface area contributed by atoms with Crippen LogP contribution in [0.2, 0.25) is 0 Å². The van der Waals surface area contributed by atoms with Gasteiger partial charge in [-0.25, -0.2) is 15.0 Å². The van der Waals surface area contributed by atoms with Crippen molar-refractivity contribution in [1.29, 1.82) is 0 Å². The van der Waals surface area contributed by atoms with E-state index in [0.717, 1.165) is 22.4 Å². The Morgan fingerprint density at radius 2 is 1.90 bits per heavy atom. The number of nitrogens with one attached hydrogen (secondary N) is 1. The van der Waals surface area contributed by atoms with Crippen LogP contribution in [0.15, 0.2) is 48.1 Å². The number of carbonyl (C=O) groups excluding carboxylic acids is 3. The first-order valence-electron chi connectivity index (χ1n) is 8.09. The van der Waals surface area contributed by atoms with Crippen LogP contribution in [-0.2, 0) is 4.79 Å². The Morgan fingerprint density at radius 3 is 2.52 bits per heavy atom. The lowest BCUT2D eigenvalue weighted by Gasteiger charge is -2.23. The quantitative estimate of drug-likeness (QED) is 0.274. The van der Waals surface area contributed by atoms with Gasteiger partial charge in [-0.15, -0.1) is 11.3 Å². The van der Waals surface area contributed by atoms with E-state index in [-0.39, 0.29) is 27.7 Å². The van der Waals surface area contributed by atoms with Gasteiger partial charge < -0.3 is 10.5 Å². The van der Waals surface area contributed by atoms with E-state index in [0.29, 0.717) is 0 Å². The topological polar surface area (TPSA) is 128 Å². The molecule has 0 aliphatic rings. The number of thiazole rings is 1. The minimum absolute atomic E-state index is 0.123. The zero-order valence-corrected chi connectivity index (χ0v) is 15.8. The number of anilines is 2. The third kappa shape index (κ3) is 4.71. The molecule has 0 fully saturated rings. The van der Waals surface area contributed by atoms with E-state index < -0.39 is 23.7 Å². The molecule has 2 heterocycles. The highest BCUT2D eigenvalue weighted by atomic mass is 32.1. The van der Waals surface area contributed by atoms with Crippen LogP contribution in [0.5, 0.6) is 5.75 Å². The van der Waals surface area contributed by atoms with Crippen molar-refractivity contribution in [1.82, 2.24) is 9.97 Å². The number of nitrogens with two attached hydrogens (primary N) is 1. The molecule has 2 aromatic heterocycles. The number of pyridine rings is 1. The number of nitrogens with zero attached hydrogens (tertiary/aromatic N) is 3. The van der Waals surface area contributed by atoms with Crippen LogP contribution in [0, 0.1) is 5.95 Å². The van der Waals surface area contributed by atoms with Gasteiger partial charge in [0.1, 0.15) is 5.75 Å². The summed E-state index contributed by atoms with van der Waals surface area (Å²) in [4.78, 5) is 43.2. The molecule has 0 spiro atoms. The maximum atomic E-state index is 13.5. The highest BCUT2D eigenvalue weighted by molar-refractivity contribution is 7.14. The van der Waals surface area contributed by atoms with E-state index in [1.807, 2.05) is 0 Å². The summed E-state index contributed by atoms with van der Waals surface area (Å²) in [7, 11) is 0. The minimum Gasteiger partial charge on any atom is -0.427 e. The maximum absolute atomic E-state index is 13.5. The number of hydrazine groups is 1. The van der Waals surface area contributed by atoms with Crippen LogP contribution >= 0.6 is 11.3 Å². The predicted octanol–water partition coefficient (Wildman–Crippen LogP) is 2.38. The summed E-state index contributed by atoms with van der Waals surface area (Å²) in [5.74, 6) is -2.40. The van der Waals surface area contributed by atoms with Gasteiger partial charge in [0.25, 0.3) is 11.8 Å². The molecular weight excluding hydrogens is 401 g/mol. The van der Waals surface area contributed by atoms with Gasteiger partial charge in [-0.2, -0.15) is 4.39 Å². The van der Waals surface area contributed by atoms with Gasteiger partial charge in [-0.05, 0) is 30.3 Å². The van der Waals surface area contributed by atoms with Gasteiger partial charge in [0.2, 0.25) is 5.95 Å². The fourth-order valence-corrected chi connectivity index (χ4v) is 3.08. The Morgan fingerprint density at radius 1 is 1.17 bits per heavy atom. The normalized spacial score (nSPS) is 10.3. The summed E-state index contributed by atoms with van der Waals surface area (Å²) in [5, 5.41) is 1.16. The molecule has 0 saturated carbocycles. The van der Waals surface area contributed by atoms with E-state index in [1.54, 1.807) is 0 Å². The molecule has 3 rings (SSSR count). The van der Waals surface area contributed by atoms with Crippen LogP contribution in [0.1, 0.15) is 27.8 Å². The number of ether oxygens (including phenoxy) is 1. The van der Waals surface area contributed by atoms with Gasteiger partial charge in [0.15, 0.2) is 10.7 Å². The summed E-state index contributed by atoms with van der Waals surface area (Å²) in [6.45, 7) is 1.26. The van der Waals surface area contributed by atoms with E-state index >= 15 is 0 Å². The van der Waals surface area contributed by atoms with Gasteiger partial charge in [-0.3, -0.25) is 19.8 Å². The van der Waals surface area contributed by atoms with Gasteiger partial charge in [0, 0.05) is 24.8 Å². The first-order valence-corrected chi connectivity index (χ1v) is 8.97. The summed E-state index contributed by atoms with van der Waals surface area (Å²) in [6.07, 6.45) is 1.22. The smallest absolute Gasteiger partial charge is 0.308 e. The van der Waals surface area contributed by atoms with Crippen LogP contribution in [0.3, 0.4) is 0 Å². The van der Waals surface area contributed by atoms with Crippen molar-refractivity contribution in [2.75, 3.05) is 10.4 Å². The first-order chi connectivity index (χ1) is 13.8. The molecule has 11 heteroatoms. The molecule has 3 N–H and O–H groups in total. The fourth-order valence-electron chi connectivity index (χ4n) is 2.32. The lowest BCUT2D eigenvalue weighted by atomic mass is 10.2. The molecule has 0 unspecified atom stereocenters. The largest absolute Gasteiger partial charge is 0.427 e. The highest BCUT2D eigenvalue weighted by Crippen LogP contribution is 2.28. The molecule has 0 bridgehead atoms. The summed E-state index contributed by atoms with van der Waals surface area (Å²) >= 11 is 0.996. The van der Waals surface area contributed by atoms with Crippen LogP contribution in [-0.4, -0.2) is 27.8 Å². The Balaban J connectivity index is 1.97. The van der Waals surface area contributed by atoms with Crippen molar-refractivity contribution in [2.24, 2.45) is 5.73 Å². The van der Waals surface area contributed by atoms with Gasteiger partial charge >= 0.3 is 5.97 Å². The fraction of sp³-hybridized carbons (Fsp3) is 0.0556. The third-order valence-corrected chi connectivity index (χ3v) is 4.33. The van der Waals surface area contributed by atoms with Crippen molar-refractivity contribution >= 4 is 39.8 Å². The van der Waals surface area contributed by atoms with Gasteiger partial charge in [-0.1, -0.05) is 0 Å². The summed E-state index contributed by atoms with van der Waals surface area (Å²) in [5.41, 5.74) is 9.73. The molecule has 0 atom stereocenters. The second kappa shape index (κ2) is 8.44. The van der Waals surface area contributed by atoms with E-state index in [2.05, 4.69) is 15.4 Å². The number of hydrogen-bond acceptors (Lipinski definition) is 8. The average molecular weight is 415 g/mol. The standard InChI is InChI=1S/C18H14FN5O4S/c1-10(25)28-13-4-2-11(3-5-13)17(27)24(18-15(16(20)26)22-9-29-18)23-12-6-7-21-14(19)8-12/h2-9H,1H3,(H2,20,26)(H,21,23). The van der Waals surface area contributed by atoms with Crippen molar-refractivity contribution in [3.05, 3.63) is 65.3 Å². The number of esters is 1. The Kier molecular flexibility index (Phi) is 5.79. The van der Waals surface area contributed by atoms with Gasteiger partial charge in [0.05, 0.1) is 11.2 Å². The molecule has 0 aliphatic heterocycles. The van der Waals surface area contributed by atoms with Crippen LogP contribution < -0.4 is 20.9 Å². The molecule has 29 heavy (non-hydrogen) atoms. The first kappa shape index (κ1) is 19.9. The van der Waals surface area contributed by atoms with E-state index in [4.69, 9.17) is 10.5 Å². The molecule has 0 saturated heterocycles. The Labute approximate surface area is 167 Å². The van der Waals surface area contributed by atoms with Crippen molar-refractivity contribution in [3.63, 3.8) is 0 Å². The molecule has 2 amide bonds. The Bertz CT molecular complexity index is 1070. The Hall–Kier alpha value is -3.86. The van der Waals surface area contributed by atoms with Crippen molar-refractivity contribution < 1.29 is 23.5 Å². The van der Waals surface area contributed by atoms with E-state index in [1.165, 1.54) is 49.0 Å². The third-order valence-electron chi connectivity index (χ3n) is 3.52. The second-order valence-electron chi connectivity index (χ2n) is 5.61. The number of benzene rings is 1. The van der Waals surface area contributed by atoms with Crippen LogP contribution in [0.4, 0.5) is 15.1 Å². The number of carbonyl (C=O) groups is 3. The SMILES string of the molecule is CC(=O)Oc1ccc(C(=O)N(Nc2ccnc(F)c2)c2scnc2C(N)=O)cc1. The average Bonchev–Trinajstić information content (AvgIpc) is 3.16. The minimum atomic E-state index is -0.827. The number of primary amides is 1. The maximum Gasteiger partial charge on any atom is 0.308 e. The molecule has 0 aliphatic carbocycles. The number of aromatic nitrogens is 2. The second-order valence-corrected chi connectivity index (χ2v) is 6.44. The summed E-state index contributed by atoms with van der Waals surface area (Å²) < 4.78 is 18.4. The molecule has 3 aromatic rings. The van der Waals surface area contributed by atoms with E-state index in [9.17, 15) is 18.8 Å². The number of hydrogen-bond donors (Lipinski definition) is 2. The molecule has 0 radical (unpaired) electrons. The molecule has 9 nitrogen and oxygen atoms in total. The van der Waals surface area contributed by atoms with Crippen LogP contribution in [0.25, 0.3) is 0 Å². The summed E-state index contributed by atoms with van der Waals surface area (Å²) in [6, 6.07) is 8.29. The van der Waals surface area contributed by atoms with Crippen molar-refractivity contribution in [3.8, 4) is 5.75 Å². The number of rotatable bonds is 6. The lowest BCUT2D eigenvalue weighted by molar-refractivity contribution is -0.131. The zero-order chi connectivity index (χ0) is 21.0. The zero-order valence-electron chi connectivity index (χ0n) is 15.0. The number of amides is 2. The number of halogens is 1. The highest BCUT2D eigenvalue weighted by Gasteiger charge is 2.25.